The molecule has 1 spiro atoms. The third kappa shape index (κ3) is 11.9. The molecule has 0 amide bonds. The van der Waals surface area contributed by atoms with Crippen LogP contribution in [0.4, 0.5) is 0 Å². The summed E-state index contributed by atoms with van der Waals surface area (Å²) in [7, 11) is 4.28. The summed E-state index contributed by atoms with van der Waals surface area (Å²) in [5.74, 6) is 4.42. The molecule has 3 atom stereocenters. The molecule has 8 heteroatoms. The minimum Gasteiger partial charge on any atom is -0.379 e. The number of rotatable bonds is 20. The summed E-state index contributed by atoms with van der Waals surface area (Å²) in [5.41, 5.74) is 19.0. The molecule has 1 aliphatic carbocycles. The average molecular weight is 931 g/mol. The van der Waals surface area contributed by atoms with Crippen molar-refractivity contribution in [1.29, 1.82) is 0 Å². The van der Waals surface area contributed by atoms with Gasteiger partial charge < -0.3 is 30.0 Å². The molecule has 370 valence electrons. The van der Waals surface area contributed by atoms with E-state index in [1.54, 1.807) is 0 Å². The van der Waals surface area contributed by atoms with Gasteiger partial charge in [0, 0.05) is 90.9 Å². The van der Waals surface area contributed by atoms with Crippen molar-refractivity contribution in [3.8, 4) is 34.7 Å². The highest BCUT2D eigenvalue weighted by atomic mass is 15.5. The summed E-state index contributed by atoms with van der Waals surface area (Å²) in [5, 5.41) is 10.8. The fourth-order valence-electron chi connectivity index (χ4n) is 11.8. The van der Waals surface area contributed by atoms with Crippen molar-refractivity contribution in [2.75, 3.05) is 46.8 Å². The van der Waals surface area contributed by atoms with Gasteiger partial charge in [-0.3, -0.25) is 4.98 Å². The van der Waals surface area contributed by atoms with Gasteiger partial charge in [0.15, 0.2) is 0 Å². The standard InChI is InChI=1S/C49H68N6.C12H18N2/c1-14-16-23-49(10,11)32-43-42-31-39(21-22-45(42)54(15-2)48(43)41-20-19-24-50-46(41)33(3)4)40-28-35(7)27-38(29-40)30-44(37(9)55-26-18-17-25-51-55)52-36(8)47(34(5)6)53(12)13;1-3-10-4-12(5-10)7-14(8-12)9(2)11-6-13-11/h1,19-22,24,27-29,31,33-34,44,47,51-52H,8-9,15-18,23,25-26,30,32H2,2-7,10-13H3;3,10-11,13H,1-2,4-8H2. The summed E-state index contributed by atoms with van der Waals surface area (Å²) in [6.07, 6.45) is 18.4. The Labute approximate surface area is 417 Å². The van der Waals surface area contributed by atoms with Gasteiger partial charge >= 0.3 is 0 Å². The van der Waals surface area contributed by atoms with Crippen molar-refractivity contribution in [3.05, 3.63) is 127 Å². The predicted molar refractivity (Wildman–Crippen MR) is 294 cm³/mol. The van der Waals surface area contributed by atoms with Gasteiger partial charge in [-0.25, -0.2) is 5.43 Å². The Morgan fingerprint density at radius 3 is 2.39 bits per heavy atom. The van der Waals surface area contributed by atoms with Crippen molar-refractivity contribution in [3.63, 3.8) is 0 Å². The number of likely N-dealkylation sites (tertiary alicyclic amines) is 1. The van der Waals surface area contributed by atoms with E-state index < -0.39 is 0 Å². The van der Waals surface area contributed by atoms with Crippen LogP contribution in [-0.2, 0) is 19.4 Å². The molecule has 4 aromatic rings. The van der Waals surface area contributed by atoms with Gasteiger partial charge in [0.1, 0.15) is 0 Å². The number of hydrazine groups is 1. The lowest BCUT2D eigenvalue weighted by Crippen LogP contribution is -2.61. The topological polar surface area (TPSA) is 73.5 Å². The van der Waals surface area contributed by atoms with Gasteiger partial charge in [-0.05, 0) is 143 Å². The first-order valence-corrected chi connectivity index (χ1v) is 26.1. The van der Waals surface area contributed by atoms with Crippen LogP contribution in [-0.4, -0.2) is 89.3 Å². The number of nitrogens with one attached hydrogen (secondary N) is 3. The van der Waals surface area contributed by atoms with Crippen LogP contribution in [0, 0.1) is 41.9 Å². The highest BCUT2D eigenvalue weighted by Gasteiger charge is 2.52. The molecule has 3 N–H and O–H groups in total. The van der Waals surface area contributed by atoms with Gasteiger partial charge in [0.25, 0.3) is 0 Å². The lowest BCUT2D eigenvalue weighted by molar-refractivity contribution is -0.0638. The van der Waals surface area contributed by atoms with Crippen LogP contribution in [0.25, 0.3) is 33.3 Å². The molecule has 4 aliphatic rings. The van der Waals surface area contributed by atoms with E-state index in [0.717, 1.165) is 81.3 Å². The first kappa shape index (κ1) is 51.8. The van der Waals surface area contributed by atoms with Crippen LogP contribution in [0.5, 0.6) is 0 Å². The van der Waals surface area contributed by atoms with Gasteiger partial charge in [0.2, 0.25) is 0 Å². The lowest BCUT2D eigenvalue weighted by atomic mass is 9.57. The van der Waals surface area contributed by atoms with Crippen molar-refractivity contribution in [2.24, 2.45) is 22.7 Å². The number of aryl methyl sites for hydroxylation is 2. The number of terminal acetylenes is 1. The van der Waals surface area contributed by atoms with E-state index in [-0.39, 0.29) is 17.5 Å². The Hall–Kier alpha value is -5.07. The number of hydrogen-bond acceptors (Lipinski definition) is 7. The van der Waals surface area contributed by atoms with Crippen LogP contribution in [0.2, 0.25) is 0 Å². The number of aromatic nitrogens is 2. The molecule has 2 aromatic heterocycles. The summed E-state index contributed by atoms with van der Waals surface area (Å²) in [6.45, 7) is 41.9. The van der Waals surface area contributed by atoms with Crippen molar-refractivity contribution in [2.45, 2.75) is 137 Å². The van der Waals surface area contributed by atoms with Crippen LogP contribution >= 0.6 is 0 Å². The summed E-state index contributed by atoms with van der Waals surface area (Å²) < 4.78 is 2.51. The number of benzene rings is 2. The maximum absolute atomic E-state index is 5.79. The third-order valence-corrected chi connectivity index (χ3v) is 15.4. The van der Waals surface area contributed by atoms with Crippen molar-refractivity contribution >= 4 is 10.9 Å². The highest BCUT2D eigenvalue weighted by Crippen LogP contribution is 2.53. The summed E-state index contributed by atoms with van der Waals surface area (Å²) in [4.78, 5) is 9.63. The molecule has 69 heavy (non-hydrogen) atoms. The first-order chi connectivity index (χ1) is 32.9. The zero-order valence-corrected chi connectivity index (χ0v) is 44.3. The molecule has 3 saturated heterocycles. The monoisotopic (exact) mass is 931 g/mol. The molecule has 8 nitrogen and oxygen atoms in total. The van der Waals surface area contributed by atoms with E-state index in [1.165, 1.54) is 88.0 Å². The maximum atomic E-state index is 5.79. The zero-order chi connectivity index (χ0) is 49.8. The Morgan fingerprint density at radius 1 is 1.04 bits per heavy atom. The Kier molecular flexibility index (Phi) is 16.4. The van der Waals surface area contributed by atoms with E-state index >= 15 is 0 Å². The molecule has 2 aromatic carbocycles. The molecule has 3 aliphatic heterocycles. The predicted octanol–water partition coefficient (Wildman–Crippen LogP) is 11.9. The third-order valence-electron chi connectivity index (χ3n) is 15.4. The molecule has 0 bridgehead atoms. The normalized spacial score (nSPS) is 18.6. The summed E-state index contributed by atoms with van der Waals surface area (Å²) in [6, 6.07) is 19.3. The Bertz CT molecular complexity index is 2500. The molecule has 4 fully saturated rings. The van der Waals surface area contributed by atoms with Crippen LogP contribution in [0.3, 0.4) is 0 Å². The number of nitrogens with zero attached hydrogens (tertiary/aromatic N) is 5. The quantitative estimate of drug-likeness (QED) is 0.0463. The number of allylic oxidation sites excluding steroid dienone is 1. The minimum atomic E-state index is -0.0101. The second-order valence-corrected chi connectivity index (χ2v) is 22.7. The van der Waals surface area contributed by atoms with Gasteiger partial charge in [-0.2, -0.15) is 0 Å². The molecule has 5 heterocycles. The number of hydrogen-bond donors (Lipinski definition) is 3. The van der Waals surface area contributed by atoms with Gasteiger partial charge in [-0.15, -0.1) is 18.9 Å². The summed E-state index contributed by atoms with van der Waals surface area (Å²) >= 11 is 0. The van der Waals surface area contributed by atoms with Crippen LogP contribution in [0.15, 0.2) is 104 Å². The fourth-order valence-corrected chi connectivity index (χ4v) is 11.8. The lowest BCUT2D eigenvalue weighted by Gasteiger charge is -2.60. The van der Waals surface area contributed by atoms with Crippen LogP contribution in [0.1, 0.15) is 115 Å². The van der Waals surface area contributed by atoms with Crippen molar-refractivity contribution < 1.29 is 0 Å². The smallest absolute Gasteiger partial charge is 0.0707 e. The van der Waals surface area contributed by atoms with Gasteiger partial charge in [0.05, 0.1) is 29.5 Å². The molecule has 0 radical (unpaired) electrons. The Balaban J connectivity index is 0.000000422. The zero-order valence-electron chi connectivity index (χ0n) is 44.3. The number of pyridine rings is 1. The molecule has 8 rings (SSSR count). The Morgan fingerprint density at radius 2 is 1.78 bits per heavy atom. The molecule has 3 unspecified atom stereocenters. The SMILES string of the molecule is C#CCCC(C)(C)Cc1c(-c2cccnc2C(C)C)n(CC)c2ccc(-c3cc(C)cc(CC(NC(=C)C(C(C)C)N(C)C)C(=C)N4CCCCN4)c3)cc12.C=CC1CC2(C1)CN(C(=C)C1CN1)C2. The largest absolute Gasteiger partial charge is 0.379 e. The molecular formula is C61H86N8. The van der Waals surface area contributed by atoms with E-state index in [2.05, 4.69) is 192 Å². The average Bonchev–Trinajstić information content (AvgIpc) is 4.10. The van der Waals surface area contributed by atoms with E-state index in [0.29, 0.717) is 23.3 Å². The van der Waals surface area contributed by atoms with E-state index in [1.807, 2.05) is 6.20 Å². The van der Waals surface area contributed by atoms with E-state index in [9.17, 15) is 0 Å². The first-order valence-electron chi connectivity index (χ1n) is 26.1. The maximum Gasteiger partial charge on any atom is 0.0707 e. The number of fused-ring (bicyclic) bond motifs is 1. The van der Waals surface area contributed by atoms with Crippen LogP contribution < -0.4 is 16.1 Å². The highest BCUT2D eigenvalue weighted by molar-refractivity contribution is 5.95. The van der Waals surface area contributed by atoms with Gasteiger partial charge in [-0.1, -0.05) is 97.2 Å². The van der Waals surface area contributed by atoms with E-state index in [4.69, 9.17) is 11.4 Å². The molecular weight excluding hydrogens is 845 g/mol. The molecule has 1 saturated carbocycles. The second-order valence-electron chi connectivity index (χ2n) is 22.7. The second kappa shape index (κ2) is 21.9. The van der Waals surface area contributed by atoms with Crippen molar-refractivity contribution in [1.82, 2.24) is 40.4 Å². The fraction of sp³-hybridized carbons (Fsp3) is 0.525. The number of likely N-dealkylation sites (N-methyl/N-ethyl adjacent to an activating group) is 1. The minimum absolute atomic E-state index is 0.0101.